The van der Waals surface area contributed by atoms with Crippen molar-refractivity contribution in [3.8, 4) is 5.75 Å². The fourth-order valence-electron chi connectivity index (χ4n) is 1.03. The maximum Gasteiger partial charge on any atom is 0.123 e. The Bertz CT molecular complexity index is 291. The van der Waals surface area contributed by atoms with Crippen LogP contribution >= 0.6 is 11.6 Å². The third-order valence-corrected chi connectivity index (χ3v) is 1.99. The smallest absolute Gasteiger partial charge is 0.123 e. The highest BCUT2D eigenvalue weighted by Crippen LogP contribution is 2.21. The van der Waals surface area contributed by atoms with Gasteiger partial charge in [-0.15, -0.1) is 11.6 Å². The molecule has 0 N–H and O–H groups in total. The van der Waals surface area contributed by atoms with Crippen LogP contribution in [0.15, 0.2) is 18.2 Å². The highest BCUT2D eigenvalue weighted by Gasteiger charge is 2.03. The molecular formula is C10H11ClF2O. The Labute approximate surface area is 86.6 Å². The van der Waals surface area contributed by atoms with Crippen molar-refractivity contribution in [1.29, 1.82) is 0 Å². The minimum atomic E-state index is -0.419. The highest BCUT2D eigenvalue weighted by molar-refractivity contribution is 6.17. The van der Waals surface area contributed by atoms with Crippen LogP contribution in [0.1, 0.15) is 12.0 Å². The van der Waals surface area contributed by atoms with E-state index in [2.05, 4.69) is 0 Å². The lowest BCUT2D eigenvalue weighted by Crippen LogP contribution is -2.00. The van der Waals surface area contributed by atoms with E-state index in [9.17, 15) is 8.78 Å². The molecule has 0 heterocycles. The van der Waals surface area contributed by atoms with Gasteiger partial charge in [0.1, 0.15) is 11.6 Å². The molecule has 1 nitrogen and oxygen atoms in total. The van der Waals surface area contributed by atoms with Crippen LogP contribution in [0.3, 0.4) is 0 Å². The molecule has 0 aliphatic rings. The van der Waals surface area contributed by atoms with Crippen LogP contribution in [0.4, 0.5) is 8.78 Å². The first-order valence-electron chi connectivity index (χ1n) is 4.31. The zero-order valence-corrected chi connectivity index (χ0v) is 8.36. The van der Waals surface area contributed by atoms with Gasteiger partial charge in [0, 0.05) is 12.0 Å². The van der Waals surface area contributed by atoms with Crippen molar-refractivity contribution < 1.29 is 13.5 Å². The fraction of sp³-hybridized carbons (Fsp3) is 0.400. The van der Waals surface area contributed by atoms with E-state index in [4.69, 9.17) is 16.3 Å². The molecule has 0 aliphatic carbocycles. The Kier molecular flexibility index (Phi) is 4.66. The summed E-state index contributed by atoms with van der Waals surface area (Å²) in [5.74, 6) is 0.358. The van der Waals surface area contributed by atoms with E-state index < -0.39 is 6.67 Å². The minimum Gasteiger partial charge on any atom is -0.493 e. The van der Waals surface area contributed by atoms with Crippen LogP contribution in [0.5, 0.6) is 5.75 Å². The summed E-state index contributed by atoms with van der Waals surface area (Å²) in [6.45, 7) is -0.135. The summed E-state index contributed by atoms with van der Waals surface area (Å²) in [6.07, 6.45) is 0.332. The maximum absolute atomic E-state index is 12.7. The molecule has 1 rings (SSSR count). The molecule has 14 heavy (non-hydrogen) atoms. The van der Waals surface area contributed by atoms with Gasteiger partial charge in [0.25, 0.3) is 0 Å². The molecule has 0 bridgehead atoms. The molecule has 0 radical (unpaired) electrons. The number of halogens is 3. The molecule has 0 unspecified atom stereocenters. The molecule has 0 amide bonds. The van der Waals surface area contributed by atoms with Crippen molar-refractivity contribution >= 4 is 11.6 Å². The van der Waals surface area contributed by atoms with Crippen molar-refractivity contribution in [1.82, 2.24) is 0 Å². The lowest BCUT2D eigenvalue weighted by atomic mass is 10.2. The number of rotatable bonds is 5. The van der Waals surface area contributed by atoms with Gasteiger partial charge in [-0.25, -0.2) is 4.39 Å². The van der Waals surface area contributed by atoms with Crippen molar-refractivity contribution in [3.05, 3.63) is 29.6 Å². The van der Waals surface area contributed by atoms with Crippen molar-refractivity contribution in [2.24, 2.45) is 0 Å². The van der Waals surface area contributed by atoms with Gasteiger partial charge < -0.3 is 4.74 Å². The Hall–Kier alpha value is -0.830. The van der Waals surface area contributed by atoms with Gasteiger partial charge in [0.2, 0.25) is 0 Å². The second-order valence-corrected chi connectivity index (χ2v) is 3.04. The molecule has 78 valence electrons. The van der Waals surface area contributed by atoms with Crippen molar-refractivity contribution in [2.45, 2.75) is 12.3 Å². The molecule has 0 saturated carbocycles. The highest BCUT2D eigenvalue weighted by atomic mass is 35.5. The summed E-state index contributed by atoms with van der Waals surface area (Å²) in [7, 11) is 0. The van der Waals surface area contributed by atoms with Gasteiger partial charge >= 0.3 is 0 Å². The normalized spacial score (nSPS) is 10.2. The monoisotopic (exact) mass is 220 g/mol. The van der Waals surface area contributed by atoms with Crippen LogP contribution in [0.2, 0.25) is 0 Å². The Balaban J connectivity index is 2.65. The first kappa shape index (κ1) is 11.2. The molecule has 0 atom stereocenters. The van der Waals surface area contributed by atoms with Crippen LogP contribution in [-0.4, -0.2) is 13.3 Å². The molecule has 4 heteroatoms. The van der Waals surface area contributed by atoms with E-state index in [0.29, 0.717) is 17.7 Å². The van der Waals surface area contributed by atoms with Gasteiger partial charge in [-0.1, -0.05) is 0 Å². The number of hydrogen-bond acceptors (Lipinski definition) is 1. The largest absolute Gasteiger partial charge is 0.493 e. The van der Waals surface area contributed by atoms with E-state index in [1.807, 2.05) is 0 Å². The van der Waals surface area contributed by atoms with E-state index in [-0.39, 0.29) is 18.3 Å². The quantitative estimate of drug-likeness (QED) is 0.547. The average molecular weight is 221 g/mol. The second kappa shape index (κ2) is 5.81. The summed E-state index contributed by atoms with van der Waals surface area (Å²) < 4.78 is 29.8. The lowest BCUT2D eigenvalue weighted by Gasteiger charge is -2.08. The molecule has 1 aromatic carbocycles. The van der Waals surface area contributed by atoms with Crippen LogP contribution in [0.25, 0.3) is 0 Å². The van der Waals surface area contributed by atoms with Gasteiger partial charge in [-0.2, -0.15) is 0 Å². The Morgan fingerprint density at radius 1 is 1.36 bits per heavy atom. The van der Waals surface area contributed by atoms with E-state index in [1.165, 1.54) is 18.2 Å². The van der Waals surface area contributed by atoms with E-state index >= 15 is 0 Å². The molecule has 1 aromatic rings. The first-order chi connectivity index (χ1) is 6.77. The Morgan fingerprint density at radius 3 is 2.79 bits per heavy atom. The topological polar surface area (TPSA) is 9.23 Å². The summed E-state index contributed by atoms with van der Waals surface area (Å²) in [4.78, 5) is 0. The van der Waals surface area contributed by atoms with Crippen LogP contribution in [-0.2, 0) is 5.88 Å². The van der Waals surface area contributed by atoms with Gasteiger partial charge in [0.15, 0.2) is 0 Å². The number of hydrogen-bond donors (Lipinski definition) is 0. The standard InChI is InChI=1S/C10H11ClF2O/c11-7-8-6-9(13)2-3-10(8)14-5-1-4-12/h2-3,6H,1,4-5,7H2. The van der Waals surface area contributed by atoms with Crippen LogP contribution < -0.4 is 4.74 Å². The SMILES string of the molecule is FCCCOc1ccc(F)cc1CCl. The average Bonchev–Trinajstić information content (AvgIpc) is 2.20. The maximum atomic E-state index is 12.7. The van der Waals surface area contributed by atoms with E-state index in [0.717, 1.165) is 0 Å². The molecule has 0 aromatic heterocycles. The van der Waals surface area contributed by atoms with Crippen LogP contribution in [0, 0.1) is 5.82 Å². The predicted molar refractivity (Wildman–Crippen MR) is 52.0 cm³/mol. The van der Waals surface area contributed by atoms with Crippen molar-refractivity contribution in [2.75, 3.05) is 13.3 Å². The number of benzene rings is 1. The van der Waals surface area contributed by atoms with Gasteiger partial charge in [-0.3, -0.25) is 4.39 Å². The molecule has 0 saturated heterocycles. The Morgan fingerprint density at radius 2 is 2.14 bits per heavy atom. The summed E-state index contributed by atoms with van der Waals surface area (Å²) in [5, 5.41) is 0. The summed E-state index contributed by atoms with van der Waals surface area (Å²) in [5.41, 5.74) is 0.588. The van der Waals surface area contributed by atoms with Gasteiger partial charge in [0.05, 0.1) is 19.2 Å². The summed E-state index contributed by atoms with van der Waals surface area (Å²) in [6, 6.07) is 4.11. The zero-order chi connectivity index (χ0) is 10.4. The first-order valence-corrected chi connectivity index (χ1v) is 4.84. The third kappa shape index (κ3) is 3.14. The fourth-order valence-corrected chi connectivity index (χ4v) is 1.24. The summed E-state index contributed by atoms with van der Waals surface area (Å²) >= 11 is 5.60. The second-order valence-electron chi connectivity index (χ2n) is 2.78. The van der Waals surface area contributed by atoms with E-state index in [1.54, 1.807) is 0 Å². The van der Waals surface area contributed by atoms with Crippen molar-refractivity contribution in [3.63, 3.8) is 0 Å². The molecule has 0 spiro atoms. The predicted octanol–water partition coefficient (Wildman–Crippen LogP) is 3.30. The molecule has 0 aliphatic heterocycles. The minimum absolute atomic E-state index is 0.183. The lowest BCUT2D eigenvalue weighted by molar-refractivity contribution is 0.287. The third-order valence-electron chi connectivity index (χ3n) is 1.70. The molecule has 0 fully saturated rings. The number of ether oxygens (including phenoxy) is 1. The zero-order valence-electron chi connectivity index (χ0n) is 7.60. The molecular weight excluding hydrogens is 210 g/mol. The number of alkyl halides is 2. The van der Waals surface area contributed by atoms with Gasteiger partial charge in [-0.05, 0) is 18.2 Å².